The number of benzene rings is 1. The molecule has 1 aliphatic rings. The number of ether oxygens (including phenoxy) is 2. The van der Waals surface area contributed by atoms with Crippen molar-refractivity contribution in [1.29, 1.82) is 0 Å². The maximum Gasteiger partial charge on any atom is 0.339 e. The summed E-state index contributed by atoms with van der Waals surface area (Å²) in [5.74, 6) is -0.439. The van der Waals surface area contributed by atoms with Gasteiger partial charge in [0.2, 0.25) is 0 Å². The lowest BCUT2D eigenvalue weighted by Gasteiger charge is -2.22. The molecule has 0 amide bonds. The van der Waals surface area contributed by atoms with Crippen molar-refractivity contribution in [2.75, 3.05) is 13.2 Å². The summed E-state index contributed by atoms with van der Waals surface area (Å²) in [6.45, 7) is 1.02. The monoisotopic (exact) mass is 288 g/mol. The largest absolute Gasteiger partial charge is 0.459 e. The number of carbonyl (C=O) groups is 1. The zero-order valence-electron chi connectivity index (χ0n) is 9.83. The van der Waals surface area contributed by atoms with Gasteiger partial charge in [0.05, 0.1) is 16.7 Å². The molecule has 1 aliphatic heterocycles. The van der Waals surface area contributed by atoms with Gasteiger partial charge in [0.1, 0.15) is 6.61 Å². The van der Waals surface area contributed by atoms with E-state index in [2.05, 4.69) is 0 Å². The van der Waals surface area contributed by atoms with E-state index in [1.54, 1.807) is 12.1 Å². The van der Waals surface area contributed by atoms with Crippen LogP contribution in [0.4, 0.5) is 0 Å². The Bertz CT molecular complexity index is 428. The second kappa shape index (κ2) is 6.41. The van der Waals surface area contributed by atoms with Crippen LogP contribution in [-0.4, -0.2) is 25.3 Å². The summed E-state index contributed by atoms with van der Waals surface area (Å²) in [5.41, 5.74) is 0.330. The number of halogens is 2. The molecule has 1 unspecified atom stereocenters. The average molecular weight is 289 g/mol. The Balaban J connectivity index is 1.90. The van der Waals surface area contributed by atoms with Crippen LogP contribution in [0.15, 0.2) is 18.2 Å². The molecule has 0 bridgehead atoms. The standard InChI is InChI=1S/C13H14Cl2O3/c14-9-4-5-11(12(15)7-9)13(16)18-8-10-3-1-2-6-17-10/h4-5,7,10H,1-3,6,8H2. The topological polar surface area (TPSA) is 35.5 Å². The molecule has 18 heavy (non-hydrogen) atoms. The minimum atomic E-state index is -0.439. The molecule has 0 N–H and O–H groups in total. The van der Waals surface area contributed by atoms with Crippen LogP contribution in [0.5, 0.6) is 0 Å². The summed E-state index contributed by atoms with van der Waals surface area (Å²) in [7, 11) is 0. The molecular weight excluding hydrogens is 275 g/mol. The lowest BCUT2D eigenvalue weighted by molar-refractivity contribution is -0.0300. The Kier molecular flexibility index (Phi) is 4.87. The summed E-state index contributed by atoms with van der Waals surface area (Å²) in [4.78, 5) is 11.8. The summed E-state index contributed by atoms with van der Waals surface area (Å²) >= 11 is 11.7. The van der Waals surface area contributed by atoms with Crippen LogP contribution >= 0.6 is 23.2 Å². The Morgan fingerprint density at radius 2 is 2.22 bits per heavy atom. The van der Waals surface area contributed by atoms with E-state index in [1.807, 2.05) is 0 Å². The lowest BCUT2D eigenvalue weighted by atomic mass is 10.1. The van der Waals surface area contributed by atoms with Gasteiger partial charge in [-0.2, -0.15) is 0 Å². The smallest absolute Gasteiger partial charge is 0.339 e. The third kappa shape index (κ3) is 3.61. The van der Waals surface area contributed by atoms with Crippen molar-refractivity contribution in [2.45, 2.75) is 25.4 Å². The number of hydrogen-bond acceptors (Lipinski definition) is 3. The van der Waals surface area contributed by atoms with Gasteiger partial charge < -0.3 is 9.47 Å². The maximum atomic E-state index is 11.8. The number of carbonyl (C=O) groups excluding carboxylic acids is 1. The molecule has 1 atom stereocenters. The first-order valence-corrected chi connectivity index (χ1v) is 6.66. The van der Waals surface area contributed by atoms with Crippen LogP contribution in [0.25, 0.3) is 0 Å². The highest BCUT2D eigenvalue weighted by Crippen LogP contribution is 2.22. The van der Waals surface area contributed by atoms with Gasteiger partial charge in [-0.05, 0) is 37.5 Å². The van der Waals surface area contributed by atoms with E-state index in [0.717, 1.165) is 25.9 Å². The molecule has 98 valence electrons. The SMILES string of the molecule is O=C(OCC1CCCCO1)c1ccc(Cl)cc1Cl. The van der Waals surface area contributed by atoms with Crippen molar-refractivity contribution in [3.63, 3.8) is 0 Å². The quantitative estimate of drug-likeness (QED) is 0.795. The van der Waals surface area contributed by atoms with Crippen molar-refractivity contribution in [1.82, 2.24) is 0 Å². The molecule has 1 fully saturated rings. The van der Waals surface area contributed by atoms with Gasteiger partial charge in [-0.25, -0.2) is 4.79 Å². The van der Waals surface area contributed by atoms with Gasteiger partial charge in [0, 0.05) is 11.6 Å². The van der Waals surface area contributed by atoms with Gasteiger partial charge in [0.25, 0.3) is 0 Å². The summed E-state index contributed by atoms with van der Waals surface area (Å²) in [5, 5.41) is 0.796. The average Bonchev–Trinajstić information content (AvgIpc) is 2.37. The second-order valence-electron chi connectivity index (χ2n) is 4.21. The van der Waals surface area contributed by atoms with Crippen LogP contribution in [0, 0.1) is 0 Å². The minimum Gasteiger partial charge on any atom is -0.459 e. The van der Waals surface area contributed by atoms with Crippen molar-refractivity contribution >= 4 is 29.2 Å². The first-order chi connectivity index (χ1) is 8.66. The van der Waals surface area contributed by atoms with Gasteiger partial charge in [-0.3, -0.25) is 0 Å². The van der Waals surface area contributed by atoms with Crippen LogP contribution < -0.4 is 0 Å². The molecular formula is C13H14Cl2O3. The molecule has 0 saturated carbocycles. The Labute approximate surface area is 116 Å². The van der Waals surface area contributed by atoms with Gasteiger partial charge in [-0.1, -0.05) is 23.2 Å². The first-order valence-electron chi connectivity index (χ1n) is 5.90. The number of esters is 1. The molecule has 0 spiro atoms. The molecule has 0 radical (unpaired) electrons. The van der Waals surface area contributed by atoms with Crippen LogP contribution in [0.1, 0.15) is 29.6 Å². The maximum absolute atomic E-state index is 11.8. The van der Waals surface area contributed by atoms with Gasteiger partial charge >= 0.3 is 5.97 Å². The highest BCUT2D eigenvalue weighted by atomic mass is 35.5. The highest BCUT2D eigenvalue weighted by Gasteiger charge is 2.18. The Morgan fingerprint density at radius 1 is 1.39 bits per heavy atom. The van der Waals surface area contributed by atoms with Crippen molar-refractivity contribution in [3.05, 3.63) is 33.8 Å². The second-order valence-corrected chi connectivity index (χ2v) is 5.05. The molecule has 3 nitrogen and oxygen atoms in total. The molecule has 1 aromatic carbocycles. The number of hydrogen-bond donors (Lipinski definition) is 0. The Morgan fingerprint density at radius 3 is 2.89 bits per heavy atom. The van der Waals surface area contributed by atoms with Gasteiger partial charge in [0.15, 0.2) is 0 Å². The molecule has 5 heteroatoms. The van der Waals surface area contributed by atoms with Crippen molar-refractivity contribution < 1.29 is 14.3 Å². The highest BCUT2D eigenvalue weighted by molar-refractivity contribution is 6.36. The first kappa shape index (κ1) is 13.7. The lowest BCUT2D eigenvalue weighted by Crippen LogP contribution is -2.26. The van der Waals surface area contributed by atoms with E-state index in [1.165, 1.54) is 6.07 Å². The predicted octanol–water partition coefficient (Wildman–Crippen LogP) is 3.72. The number of rotatable bonds is 3. The van der Waals surface area contributed by atoms with E-state index >= 15 is 0 Å². The van der Waals surface area contributed by atoms with E-state index < -0.39 is 5.97 Å². The molecule has 1 heterocycles. The summed E-state index contributed by atoms with van der Waals surface area (Å²) < 4.78 is 10.7. The van der Waals surface area contributed by atoms with E-state index in [4.69, 9.17) is 32.7 Å². The summed E-state index contributed by atoms with van der Waals surface area (Å²) in [6, 6.07) is 4.70. The zero-order valence-corrected chi connectivity index (χ0v) is 11.3. The molecule has 1 aromatic rings. The van der Waals surface area contributed by atoms with E-state index in [9.17, 15) is 4.79 Å². The third-order valence-electron chi connectivity index (χ3n) is 2.83. The Hall–Kier alpha value is -0.770. The van der Waals surface area contributed by atoms with Gasteiger partial charge in [-0.15, -0.1) is 0 Å². The van der Waals surface area contributed by atoms with Crippen molar-refractivity contribution in [3.8, 4) is 0 Å². The molecule has 0 aromatic heterocycles. The van der Waals surface area contributed by atoms with E-state index in [-0.39, 0.29) is 12.7 Å². The fraction of sp³-hybridized carbons (Fsp3) is 0.462. The van der Waals surface area contributed by atoms with Crippen LogP contribution in [-0.2, 0) is 9.47 Å². The third-order valence-corrected chi connectivity index (χ3v) is 3.37. The predicted molar refractivity (Wildman–Crippen MR) is 70.3 cm³/mol. The fourth-order valence-corrected chi connectivity index (χ4v) is 2.33. The molecule has 2 rings (SSSR count). The van der Waals surface area contributed by atoms with Crippen molar-refractivity contribution in [2.24, 2.45) is 0 Å². The van der Waals surface area contributed by atoms with E-state index in [0.29, 0.717) is 15.6 Å². The zero-order chi connectivity index (χ0) is 13.0. The molecule has 1 saturated heterocycles. The minimum absolute atomic E-state index is 0.00813. The summed E-state index contributed by atoms with van der Waals surface area (Å²) in [6.07, 6.45) is 3.13. The normalized spacial score (nSPS) is 19.6. The van der Waals surface area contributed by atoms with Crippen LogP contribution in [0.2, 0.25) is 10.0 Å². The fourth-order valence-electron chi connectivity index (χ4n) is 1.84. The van der Waals surface area contributed by atoms with Crippen LogP contribution in [0.3, 0.4) is 0 Å². The molecule has 0 aliphatic carbocycles.